The zero-order valence-corrected chi connectivity index (χ0v) is 12.4. The molecule has 1 unspecified atom stereocenters. The zero-order chi connectivity index (χ0) is 14.7. The highest BCUT2D eigenvalue weighted by Gasteiger charge is 2.16. The summed E-state index contributed by atoms with van der Waals surface area (Å²) in [5, 5.41) is 11.8. The summed E-state index contributed by atoms with van der Waals surface area (Å²) in [6, 6.07) is 5.02. The highest BCUT2D eigenvalue weighted by Crippen LogP contribution is 2.19. The van der Waals surface area contributed by atoms with E-state index in [1.165, 1.54) is 12.1 Å². The molecule has 1 aromatic carbocycles. The second-order valence-corrected chi connectivity index (χ2v) is 5.13. The first-order chi connectivity index (χ1) is 9.52. The maximum Gasteiger partial charge on any atom is 0.125 e. The second kappa shape index (κ2) is 6.13. The summed E-state index contributed by atoms with van der Waals surface area (Å²) in [6.07, 6.45) is 1.07. The van der Waals surface area contributed by atoms with Gasteiger partial charge in [-0.25, -0.2) is 9.07 Å². The Bertz CT molecular complexity index is 571. The molecule has 2 aromatic rings. The molecule has 1 aromatic heterocycles. The van der Waals surface area contributed by atoms with E-state index in [1.54, 1.807) is 4.68 Å². The highest BCUT2D eigenvalue weighted by atomic mass is 19.1. The number of nitrogens with one attached hydrogen (secondary N) is 1. The number of aryl methyl sites for hydroxylation is 1. The van der Waals surface area contributed by atoms with Crippen molar-refractivity contribution >= 4 is 0 Å². The largest absolute Gasteiger partial charge is 0.309 e. The van der Waals surface area contributed by atoms with Gasteiger partial charge < -0.3 is 5.32 Å². The lowest BCUT2D eigenvalue weighted by atomic mass is 10.2. The van der Waals surface area contributed by atoms with Gasteiger partial charge in [-0.1, -0.05) is 12.1 Å². The fourth-order valence-electron chi connectivity index (χ4n) is 2.28. The van der Waals surface area contributed by atoms with Gasteiger partial charge in [-0.15, -0.1) is 5.10 Å². The average molecular weight is 276 g/mol. The third-order valence-corrected chi connectivity index (χ3v) is 3.31. The van der Waals surface area contributed by atoms with Gasteiger partial charge in [0.2, 0.25) is 0 Å². The van der Waals surface area contributed by atoms with Crippen molar-refractivity contribution in [3.05, 3.63) is 41.0 Å². The van der Waals surface area contributed by atoms with E-state index in [4.69, 9.17) is 0 Å². The molecule has 0 amide bonds. The summed E-state index contributed by atoms with van der Waals surface area (Å²) in [5.41, 5.74) is 3.42. The Hall–Kier alpha value is -1.75. The Kier molecular flexibility index (Phi) is 4.49. The quantitative estimate of drug-likeness (QED) is 0.912. The molecule has 5 heteroatoms. The SMILES string of the molecule is CCCNC(C)c1nnn(-c2cc(C)cc(F)c2)c1C. The maximum absolute atomic E-state index is 13.5. The molecule has 1 atom stereocenters. The predicted octanol–water partition coefficient (Wildman–Crippen LogP) is 3.08. The molecule has 1 N–H and O–H groups in total. The Morgan fingerprint density at radius 2 is 2.05 bits per heavy atom. The minimum Gasteiger partial charge on any atom is -0.309 e. The first kappa shape index (κ1) is 14.7. The summed E-state index contributed by atoms with van der Waals surface area (Å²) in [7, 11) is 0. The van der Waals surface area contributed by atoms with E-state index in [0.717, 1.165) is 29.9 Å². The average Bonchev–Trinajstić information content (AvgIpc) is 2.76. The smallest absolute Gasteiger partial charge is 0.125 e. The van der Waals surface area contributed by atoms with Crippen molar-refractivity contribution in [2.75, 3.05) is 6.54 Å². The van der Waals surface area contributed by atoms with E-state index < -0.39 is 0 Å². The second-order valence-electron chi connectivity index (χ2n) is 5.13. The minimum atomic E-state index is -0.256. The molecule has 0 aliphatic carbocycles. The predicted molar refractivity (Wildman–Crippen MR) is 77.5 cm³/mol. The number of benzene rings is 1. The van der Waals surface area contributed by atoms with Crippen molar-refractivity contribution in [3.63, 3.8) is 0 Å². The Morgan fingerprint density at radius 3 is 2.70 bits per heavy atom. The number of nitrogens with zero attached hydrogens (tertiary/aromatic N) is 3. The van der Waals surface area contributed by atoms with Crippen molar-refractivity contribution in [2.24, 2.45) is 0 Å². The summed E-state index contributed by atoms with van der Waals surface area (Å²) >= 11 is 0. The fraction of sp³-hybridized carbons (Fsp3) is 0.467. The van der Waals surface area contributed by atoms with Crippen molar-refractivity contribution in [2.45, 2.75) is 40.2 Å². The lowest BCUT2D eigenvalue weighted by Crippen LogP contribution is -2.20. The molecule has 0 saturated carbocycles. The molecule has 4 nitrogen and oxygen atoms in total. The Morgan fingerprint density at radius 1 is 1.30 bits per heavy atom. The van der Waals surface area contributed by atoms with Gasteiger partial charge in [0.1, 0.15) is 11.5 Å². The van der Waals surface area contributed by atoms with Gasteiger partial charge in [0.15, 0.2) is 0 Å². The first-order valence-electron chi connectivity index (χ1n) is 6.96. The van der Waals surface area contributed by atoms with E-state index in [-0.39, 0.29) is 11.9 Å². The Balaban J connectivity index is 2.32. The van der Waals surface area contributed by atoms with Crippen LogP contribution in [-0.2, 0) is 0 Å². The van der Waals surface area contributed by atoms with Crippen LogP contribution < -0.4 is 5.32 Å². The van der Waals surface area contributed by atoms with Gasteiger partial charge in [0, 0.05) is 0 Å². The third kappa shape index (κ3) is 3.04. The minimum absolute atomic E-state index is 0.137. The molecule has 2 rings (SSSR count). The summed E-state index contributed by atoms with van der Waals surface area (Å²) in [4.78, 5) is 0. The van der Waals surface area contributed by atoms with E-state index in [2.05, 4.69) is 29.5 Å². The standard InChI is InChI=1S/C15H21FN4/c1-5-6-17-11(3)15-12(4)20(19-18-15)14-8-10(2)7-13(16)9-14/h7-9,11,17H,5-6H2,1-4H3. The van der Waals surface area contributed by atoms with Crippen molar-refractivity contribution in [1.29, 1.82) is 0 Å². The van der Waals surface area contributed by atoms with E-state index in [0.29, 0.717) is 5.69 Å². The summed E-state index contributed by atoms with van der Waals surface area (Å²) in [6.45, 7) is 8.95. The van der Waals surface area contributed by atoms with E-state index in [1.807, 2.05) is 19.9 Å². The molecule has 20 heavy (non-hydrogen) atoms. The van der Waals surface area contributed by atoms with Crippen molar-refractivity contribution in [3.8, 4) is 5.69 Å². The van der Waals surface area contributed by atoms with Crippen LogP contribution in [0.4, 0.5) is 4.39 Å². The molecule has 0 aliphatic rings. The third-order valence-electron chi connectivity index (χ3n) is 3.31. The molecule has 0 spiro atoms. The van der Waals surface area contributed by atoms with Gasteiger partial charge in [-0.3, -0.25) is 0 Å². The van der Waals surface area contributed by atoms with Gasteiger partial charge in [0.05, 0.1) is 17.4 Å². The molecule has 0 bridgehead atoms. The van der Waals surface area contributed by atoms with Crippen LogP contribution in [0.3, 0.4) is 0 Å². The molecule has 0 aliphatic heterocycles. The molecule has 0 fully saturated rings. The van der Waals surface area contributed by atoms with Crippen LogP contribution >= 0.6 is 0 Å². The zero-order valence-electron chi connectivity index (χ0n) is 12.4. The lowest BCUT2D eigenvalue weighted by Gasteiger charge is -2.11. The van der Waals surface area contributed by atoms with Crippen LogP contribution in [0.2, 0.25) is 0 Å². The number of hydrogen-bond acceptors (Lipinski definition) is 3. The maximum atomic E-state index is 13.5. The monoisotopic (exact) mass is 276 g/mol. The molecule has 0 saturated heterocycles. The van der Waals surface area contributed by atoms with Crippen molar-refractivity contribution < 1.29 is 4.39 Å². The van der Waals surface area contributed by atoms with Crippen LogP contribution in [0.25, 0.3) is 5.69 Å². The number of aromatic nitrogens is 3. The van der Waals surface area contributed by atoms with Crippen LogP contribution in [0.15, 0.2) is 18.2 Å². The van der Waals surface area contributed by atoms with Crippen molar-refractivity contribution in [1.82, 2.24) is 20.3 Å². The lowest BCUT2D eigenvalue weighted by molar-refractivity contribution is 0.555. The summed E-state index contributed by atoms with van der Waals surface area (Å²) < 4.78 is 15.2. The van der Waals surface area contributed by atoms with Gasteiger partial charge >= 0.3 is 0 Å². The molecular weight excluding hydrogens is 255 g/mol. The van der Waals surface area contributed by atoms with Gasteiger partial charge in [-0.05, 0) is 57.5 Å². The first-order valence-corrected chi connectivity index (χ1v) is 6.96. The molecule has 1 heterocycles. The molecule has 0 radical (unpaired) electrons. The van der Waals surface area contributed by atoms with Crippen LogP contribution in [0.5, 0.6) is 0 Å². The molecular formula is C15H21FN4. The van der Waals surface area contributed by atoms with Crippen LogP contribution in [-0.4, -0.2) is 21.5 Å². The number of rotatable bonds is 5. The highest BCUT2D eigenvalue weighted by molar-refractivity contribution is 5.37. The normalized spacial score (nSPS) is 12.7. The van der Waals surface area contributed by atoms with Gasteiger partial charge in [0.25, 0.3) is 0 Å². The topological polar surface area (TPSA) is 42.7 Å². The fourth-order valence-corrected chi connectivity index (χ4v) is 2.28. The number of hydrogen-bond donors (Lipinski definition) is 1. The van der Waals surface area contributed by atoms with E-state index in [9.17, 15) is 4.39 Å². The Labute approximate surface area is 119 Å². The van der Waals surface area contributed by atoms with Gasteiger partial charge in [-0.2, -0.15) is 0 Å². The number of halogens is 1. The van der Waals surface area contributed by atoms with Crippen LogP contribution in [0, 0.1) is 19.7 Å². The summed E-state index contributed by atoms with van der Waals surface area (Å²) in [5.74, 6) is -0.256. The molecule has 108 valence electrons. The van der Waals surface area contributed by atoms with Crippen LogP contribution in [0.1, 0.15) is 43.3 Å². The van der Waals surface area contributed by atoms with E-state index >= 15 is 0 Å².